The van der Waals surface area contributed by atoms with Gasteiger partial charge in [-0.3, -0.25) is 0 Å². The second-order valence-electron chi connectivity index (χ2n) is 18.8. The molecule has 14 rings (SSSR count). The third kappa shape index (κ3) is 18.1. The van der Waals surface area contributed by atoms with Crippen LogP contribution in [0.2, 0.25) is 0 Å². The van der Waals surface area contributed by atoms with Crippen LogP contribution >= 0.6 is 0 Å². The molecule has 2 aliphatic carbocycles. The third-order valence-electron chi connectivity index (χ3n) is 13.7. The Bertz CT molecular complexity index is 3450. The number of nitrogens with zero attached hydrogens (tertiary/aromatic N) is 6. The van der Waals surface area contributed by atoms with Gasteiger partial charge in [-0.1, -0.05) is 301 Å². The Morgan fingerprint density at radius 2 is 0.488 bits per heavy atom. The molecule has 0 saturated carbocycles. The van der Waals surface area contributed by atoms with Crippen LogP contribution in [0.15, 0.2) is 218 Å². The Kier molecular flexibility index (Phi) is 28.3. The summed E-state index contributed by atoms with van der Waals surface area (Å²) >= 11 is 0. The Hall–Kier alpha value is -8.74. The van der Waals surface area contributed by atoms with Crippen LogP contribution in [0.3, 0.4) is 0 Å². The fourth-order valence-electron chi connectivity index (χ4n) is 9.91. The molecule has 0 spiro atoms. The first-order chi connectivity index (χ1) is 41.3. The molecule has 6 heteroatoms. The van der Waals surface area contributed by atoms with Crippen LogP contribution in [-0.2, 0) is 38.5 Å². The molecule has 2 heterocycles. The molecule has 0 radical (unpaired) electrons. The SMILES string of the molecule is CC.CC.CC.CC.CCc1nc(C)nc(CC)n1.CCc1nc(C)nc(CC)n1.c1ccc2c(c1)Cc1c-2ccc2ccccc12.c1ccc2c(c1)Cc1c-2ccc2ccccc12.c1ccc2ccccc2c1.c1ccc2ccccc2c1. The second kappa shape index (κ2) is 36.0. The van der Waals surface area contributed by atoms with E-state index in [-0.39, 0.29) is 0 Å². The number of aryl methyl sites for hydroxylation is 6. The van der Waals surface area contributed by atoms with Gasteiger partial charge in [-0.15, -0.1) is 0 Å². The molecule has 0 unspecified atom stereocenters. The highest BCUT2D eigenvalue weighted by Gasteiger charge is 2.20. The Morgan fingerprint density at radius 1 is 0.250 bits per heavy atom. The summed E-state index contributed by atoms with van der Waals surface area (Å²) in [6.07, 6.45) is 5.69. The Balaban J connectivity index is 0.000000183. The van der Waals surface area contributed by atoms with Crippen molar-refractivity contribution in [1.82, 2.24) is 29.9 Å². The third-order valence-corrected chi connectivity index (χ3v) is 13.7. The van der Waals surface area contributed by atoms with Crippen molar-refractivity contribution in [1.29, 1.82) is 0 Å². The standard InChI is InChI=1S/2C17H12.2C10H8.2C8H13N3.4C2H6/c2*1-3-7-14-12(5-1)9-10-16-15-8-4-2-6-13(15)11-17(14)16;2*1-2-6-10-8-4-3-7-9(10)5-1;2*1-4-7-9-6(3)10-8(5-2)11-7;4*1-2/h2*1-10H,11H2;2*1-8H;2*4-5H2,1-3H3;4*1-2H3. The maximum Gasteiger partial charge on any atom is 0.132 e. The molecule has 84 heavy (non-hydrogen) atoms. The minimum atomic E-state index is 0.828. The van der Waals surface area contributed by atoms with Crippen LogP contribution < -0.4 is 0 Å². The average Bonchev–Trinajstić information content (AvgIpc) is 2.91. The van der Waals surface area contributed by atoms with E-state index in [0.717, 1.165) is 73.5 Å². The molecule has 0 fully saturated rings. The minimum absolute atomic E-state index is 0.828. The number of benzene rings is 10. The molecule has 2 aromatic heterocycles. The quantitative estimate of drug-likeness (QED) is 0.175. The van der Waals surface area contributed by atoms with Gasteiger partial charge >= 0.3 is 0 Å². The van der Waals surface area contributed by atoms with Gasteiger partial charge in [0.15, 0.2) is 0 Å². The highest BCUT2D eigenvalue weighted by Crippen LogP contribution is 2.41. The molecule has 10 aromatic carbocycles. The normalized spacial score (nSPS) is 10.4. The Morgan fingerprint density at radius 3 is 0.762 bits per heavy atom. The highest BCUT2D eigenvalue weighted by molar-refractivity contribution is 5.96. The molecule has 0 aliphatic heterocycles. The summed E-state index contributed by atoms with van der Waals surface area (Å²) in [5.41, 5.74) is 11.5. The van der Waals surface area contributed by atoms with E-state index in [1.54, 1.807) is 0 Å². The minimum Gasteiger partial charge on any atom is -0.218 e. The molecule has 0 bridgehead atoms. The number of hydrogen-bond acceptors (Lipinski definition) is 6. The van der Waals surface area contributed by atoms with Crippen molar-refractivity contribution in [2.24, 2.45) is 0 Å². The van der Waals surface area contributed by atoms with E-state index in [1.165, 1.54) is 87.6 Å². The van der Waals surface area contributed by atoms with Gasteiger partial charge in [-0.05, 0) is 114 Å². The second-order valence-corrected chi connectivity index (χ2v) is 18.8. The fourth-order valence-corrected chi connectivity index (χ4v) is 9.91. The number of aromatic nitrogens is 6. The zero-order chi connectivity index (χ0) is 60.6. The van der Waals surface area contributed by atoms with Crippen LogP contribution in [0, 0.1) is 13.8 Å². The van der Waals surface area contributed by atoms with Crippen molar-refractivity contribution < 1.29 is 0 Å². The van der Waals surface area contributed by atoms with Crippen molar-refractivity contribution in [3.63, 3.8) is 0 Å². The van der Waals surface area contributed by atoms with E-state index >= 15 is 0 Å². The predicted molar refractivity (Wildman–Crippen MR) is 364 cm³/mol. The summed E-state index contributed by atoms with van der Waals surface area (Å²) in [5, 5.41) is 10.7. The van der Waals surface area contributed by atoms with Crippen LogP contribution in [0.4, 0.5) is 0 Å². The smallest absolute Gasteiger partial charge is 0.132 e. The number of rotatable bonds is 4. The van der Waals surface area contributed by atoms with E-state index < -0.39 is 0 Å². The fraction of sp³-hybridized carbons (Fsp3) is 0.256. The topological polar surface area (TPSA) is 77.3 Å². The Labute approximate surface area is 503 Å². The van der Waals surface area contributed by atoms with E-state index in [0.29, 0.717) is 0 Å². The van der Waals surface area contributed by atoms with Crippen molar-refractivity contribution >= 4 is 43.1 Å². The first kappa shape index (κ1) is 66.1. The lowest BCUT2D eigenvalue weighted by Gasteiger charge is -2.05. The summed E-state index contributed by atoms with van der Waals surface area (Å²) in [6, 6.07) is 77.2. The van der Waals surface area contributed by atoms with Gasteiger partial charge in [0.25, 0.3) is 0 Å². The maximum absolute atomic E-state index is 4.25. The van der Waals surface area contributed by atoms with E-state index in [1.807, 2.05) is 96.9 Å². The first-order valence-corrected chi connectivity index (χ1v) is 30.8. The first-order valence-electron chi connectivity index (χ1n) is 30.8. The molecular formula is C78H90N6. The van der Waals surface area contributed by atoms with Crippen LogP contribution in [0.1, 0.15) is 140 Å². The van der Waals surface area contributed by atoms with Gasteiger partial charge in [0.05, 0.1) is 0 Å². The van der Waals surface area contributed by atoms with Gasteiger partial charge in [0.1, 0.15) is 34.9 Å². The summed E-state index contributed by atoms with van der Waals surface area (Å²) in [6.45, 7) is 28.0. The van der Waals surface area contributed by atoms with Crippen LogP contribution in [0.25, 0.3) is 65.3 Å². The zero-order valence-corrected chi connectivity index (χ0v) is 52.7. The highest BCUT2D eigenvalue weighted by atomic mass is 15.0. The maximum atomic E-state index is 4.25. The summed E-state index contributed by atoms with van der Waals surface area (Å²) in [5.74, 6) is 5.25. The predicted octanol–water partition coefficient (Wildman–Crippen LogP) is 21.2. The largest absolute Gasteiger partial charge is 0.218 e. The lowest BCUT2D eigenvalue weighted by Crippen LogP contribution is -2.03. The van der Waals surface area contributed by atoms with Crippen molar-refractivity contribution in [3.05, 3.63) is 276 Å². The van der Waals surface area contributed by atoms with Crippen LogP contribution in [0.5, 0.6) is 0 Å². The molecular weight excluding hydrogens is 1020 g/mol. The molecule has 0 amide bonds. The average molecular weight is 1110 g/mol. The molecule has 0 N–H and O–H groups in total. The van der Waals surface area contributed by atoms with Gasteiger partial charge in [0, 0.05) is 25.7 Å². The molecule has 12 aromatic rings. The molecule has 6 nitrogen and oxygen atoms in total. The van der Waals surface area contributed by atoms with Crippen molar-refractivity contribution in [2.75, 3.05) is 0 Å². The monoisotopic (exact) mass is 1110 g/mol. The summed E-state index contributed by atoms with van der Waals surface area (Å²) in [4.78, 5) is 25.2. The summed E-state index contributed by atoms with van der Waals surface area (Å²) < 4.78 is 0. The lowest BCUT2D eigenvalue weighted by atomic mass is 9.99. The molecule has 0 atom stereocenters. The molecule has 432 valence electrons. The molecule has 2 aliphatic rings. The number of fused-ring (bicyclic) bond motifs is 12. The zero-order valence-electron chi connectivity index (χ0n) is 52.7. The van der Waals surface area contributed by atoms with E-state index in [2.05, 4.69) is 248 Å². The van der Waals surface area contributed by atoms with Gasteiger partial charge in [-0.2, -0.15) is 0 Å². The molecule has 0 saturated heterocycles. The van der Waals surface area contributed by atoms with Crippen LogP contribution in [-0.4, -0.2) is 29.9 Å². The van der Waals surface area contributed by atoms with Crippen molar-refractivity contribution in [3.8, 4) is 22.3 Å². The summed E-state index contributed by atoms with van der Waals surface area (Å²) in [7, 11) is 0. The lowest BCUT2D eigenvalue weighted by molar-refractivity contribution is 0.797. The van der Waals surface area contributed by atoms with Crippen molar-refractivity contribution in [2.45, 2.75) is 135 Å². The van der Waals surface area contributed by atoms with Gasteiger partial charge in [-0.25, -0.2) is 29.9 Å². The van der Waals surface area contributed by atoms with E-state index in [4.69, 9.17) is 0 Å². The van der Waals surface area contributed by atoms with Gasteiger partial charge < -0.3 is 0 Å². The van der Waals surface area contributed by atoms with E-state index in [9.17, 15) is 0 Å². The van der Waals surface area contributed by atoms with Gasteiger partial charge in [0.2, 0.25) is 0 Å². The number of hydrogen-bond donors (Lipinski definition) is 0.